The lowest BCUT2D eigenvalue weighted by molar-refractivity contribution is -0.128. The molecule has 2 N–H and O–H groups in total. The number of anilines is 2. The molecule has 0 spiro atoms. The Morgan fingerprint density at radius 3 is 2.43 bits per heavy atom. The molecule has 28 heavy (non-hydrogen) atoms. The van der Waals surface area contributed by atoms with E-state index in [1.54, 1.807) is 41.1 Å². The number of benzene rings is 2. The summed E-state index contributed by atoms with van der Waals surface area (Å²) in [5, 5.41) is 5.24. The van der Waals surface area contributed by atoms with Gasteiger partial charge in [-0.1, -0.05) is 24.3 Å². The molecule has 1 aliphatic heterocycles. The molecule has 0 unspecified atom stereocenters. The maximum atomic E-state index is 12.7. The smallest absolute Gasteiger partial charge is 0.319 e. The Morgan fingerprint density at radius 1 is 1.00 bits per heavy atom. The predicted octanol–water partition coefficient (Wildman–Crippen LogP) is 2.71. The summed E-state index contributed by atoms with van der Waals surface area (Å²) in [5.74, 6) is -0.263. The highest BCUT2D eigenvalue weighted by atomic mass is 16.2. The van der Waals surface area contributed by atoms with Gasteiger partial charge in [-0.3, -0.25) is 9.59 Å². The number of nitrogens with one attached hydrogen (secondary N) is 2. The molecule has 0 aliphatic carbocycles. The first kappa shape index (κ1) is 19.4. The molecule has 146 valence electrons. The largest absolute Gasteiger partial charge is 0.341 e. The maximum absolute atomic E-state index is 12.7. The van der Waals surface area contributed by atoms with Crippen molar-refractivity contribution in [3.63, 3.8) is 0 Å². The molecular formula is C21H24N4O3. The molecule has 0 saturated carbocycles. The number of nitrogens with zero attached hydrogens (tertiary/aromatic N) is 2. The van der Waals surface area contributed by atoms with Crippen LogP contribution in [0.4, 0.5) is 16.2 Å². The number of rotatable bonds is 5. The van der Waals surface area contributed by atoms with E-state index in [2.05, 4.69) is 10.6 Å². The first-order valence-corrected chi connectivity index (χ1v) is 9.30. The molecule has 7 nitrogen and oxygen atoms in total. The van der Waals surface area contributed by atoms with E-state index in [1.165, 1.54) is 0 Å². The van der Waals surface area contributed by atoms with Crippen LogP contribution in [0.1, 0.15) is 23.2 Å². The first-order chi connectivity index (χ1) is 13.5. The lowest BCUT2D eigenvalue weighted by Gasteiger charge is -2.18. The molecule has 0 bridgehead atoms. The Morgan fingerprint density at radius 2 is 1.71 bits per heavy atom. The average molecular weight is 380 g/mol. The first-order valence-electron chi connectivity index (χ1n) is 9.30. The van der Waals surface area contributed by atoms with Crippen LogP contribution in [0.3, 0.4) is 0 Å². The lowest BCUT2D eigenvalue weighted by atomic mass is 10.1. The lowest BCUT2D eigenvalue weighted by Crippen LogP contribution is -2.40. The average Bonchev–Trinajstić information content (AvgIpc) is 3.27. The van der Waals surface area contributed by atoms with Gasteiger partial charge in [0, 0.05) is 37.1 Å². The fraction of sp³-hybridized carbons (Fsp3) is 0.286. The molecule has 4 amide bonds. The Hall–Kier alpha value is -3.35. The molecular weight excluding hydrogens is 356 g/mol. The van der Waals surface area contributed by atoms with Crippen molar-refractivity contribution < 1.29 is 14.4 Å². The number of urea groups is 1. The minimum Gasteiger partial charge on any atom is -0.341 e. The SMILES string of the molecule is CN(C(=O)c1cccc(NC(=O)NCC(=O)N2CCCC2)c1)c1ccccc1. The maximum Gasteiger partial charge on any atom is 0.319 e. The number of carbonyl (C=O) groups excluding carboxylic acids is 3. The molecule has 0 atom stereocenters. The number of hydrogen-bond acceptors (Lipinski definition) is 3. The number of likely N-dealkylation sites (tertiary alicyclic amines) is 1. The quantitative estimate of drug-likeness (QED) is 0.837. The van der Waals surface area contributed by atoms with Crippen molar-refractivity contribution in [2.45, 2.75) is 12.8 Å². The zero-order valence-corrected chi connectivity index (χ0v) is 15.9. The van der Waals surface area contributed by atoms with E-state index in [9.17, 15) is 14.4 Å². The normalized spacial score (nSPS) is 13.1. The van der Waals surface area contributed by atoms with E-state index in [-0.39, 0.29) is 18.4 Å². The predicted molar refractivity (Wildman–Crippen MR) is 108 cm³/mol. The van der Waals surface area contributed by atoms with Crippen LogP contribution in [-0.4, -0.2) is 49.4 Å². The second-order valence-electron chi connectivity index (χ2n) is 6.68. The molecule has 1 saturated heterocycles. The Kier molecular flexibility index (Phi) is 6.26. The van der Waals surface area contributed by atoms with Crippen molar-refractivity contribution in [3.8, 4) is 0 Å². The summed E-state index contributed by atoms with van der Waals surface area (Å²) >= 11 is 0. The van der Waals surface area contributed by atoms with E-state index in [4.69, 9.17) is 0 Å². The highest BCUT2D eigenvalue weighted by Crippen LogP contribution is 2.17. The van der Waals surface area contributed by atoms with E-state index in [0.29, 0.717) is 11.3 Å². The summed E-state index contributed by atoms with van der Waals surface area (Å²) in [7, 11) is 1.70. The minimum absolute atomic E-state index is 0.0405. The van der Waals surface area contributed by atoms with Crippen LogP contribution < -0.4 is 15.5 Å². The zero-order valence-electron chi connectivity index (χ0n) is 15.9. The second kappa shape index (κ2) is 9.03. The molecule has 1 aliphatic rings. The van der Waals surface area contributed by atoms with Gasteiger partial charge in [-0.05, 0) is 43.2 Å². The van der Waals surface area contributed by atoms with Crippen molar-refractivity contribution in [3.05, 3.63) is 60.2 Å². The molecule has 1 heterocycles. The van der Waals surface area contributed by atoms with Gasteiger partial charge in [0.1, 0.15) is 0 Å². The van der Waals surface area contributed by atoms with Crippen LogP contribution in [0.5, 0.6) is 0 Å². The third-order valence-corrected chi connectivity index (χ3v) is 4.67. The summed E-state index contributed by atoms with van der Waals surface area (Å²) in [6.45, 7) is 1.46. The Labute approximate surface area is 164 Å². The zero-order chi connectivity index (χ0) is 19.9. The third-order valence-electron chi connectivity index (χ3n) is 4.67. The molecule has 3 rings (SSSR count). The van der Waals surface area contributed by atoms with Crippen molar-refractivity contribution in [1.82, 2.24) is 10.2 Å². The van der Waals surface area contributed by atoms with Crippen LogP contribution in [0.2, 0.25) is 0 Å². The second-order valence-corrected chi connectivity index (χ2v) is 6.68. The molecule has 7 heteroatoms. The fourth-order valence-electron chi connectivity index (χ4n) is 3.10. The van der Waals surface area contributed by atoms with Crippen LogP contribution in [0, 0.1) is 0 Å². The Balaban J connectivity index is 1.57. The summed E-state index contributed by atoms with van der Waals surface area (Å²) in [4.78, 5) is 40.1. The van der Waals surface area contributed by atoms with E-state index >= 15 is 0 Å². The number of hydrogen-bond donors (Lipinski definition) is 2. The number of para-hydroxylation sites is 1. The van der Waals surface area contributed by atoms with Crippen LogP contribution >= 0.6 is 0 Å². The van der Waals surface area contributed by atoms with Gasteiger partial charge in [0.25, 0.3) is 5.91 Å². The Bertz CT molecular complexity index is 848. The van der Waals surface area contributed by atoms with Gasteiger partial charge in [-0.2, -0.15) is 0 Å². The molecule has 1 fully saturated rings. The van der Waals surface area contributed by atoms with E-state index in [0.717, 1.165) is 31.6 Å². The highest BCUT2D eigenvalue weighted by Gasteiger charge is 2.18. The van der Waals surface area contributed by atoms with Crippen molar-refractivity contribution in [1.29, 1.82) is 0 Å². The third kappa shape index (κ3) is 4.88. The van der Waals surface area contributed by atoms with Crippen molar-refractivity contribution >= 4 is 29.2 Å². The molecule has 2 aromatic carbocycles. The number of amides is 4. The van der Waals surface area contributed by atoms with Gasteiger partial charge in [0.2, 0.25) is 5.91 Å². The molecule has 2 aromatic rings. The van der Waals surface area contributed by atoms with Gasteiger partial charge in [-0.25, -0.2) is 4.79 Å². The molecule has 0 radical (unpaired) electrons. The summed E-state index contributed by atoms with van der Waals surface area (Å²) in [6.07, 6.45) is 2.02. The van der Waals surface area contributed by atoms with Crippen LogP contribution in [0.15, 0.2) is 54.6 Å². The van der Waals surface area contributed by atoms with Gasteiger partial charge < -0.3 is 20.4 Å². The van der Waals surface area contributed by atoms with Crippen LogP contribution in [-0.2, 0) is 4.79 Å². The van der Waals surface area contributed by atoms with Crippen molar-refractivity contribution in [2.24, 2.45) is 0 Å². The summed E-state index contributed by atoms with van der Waals surface area (Å²) in [6, 6.07) is 15.6. The van der Waals surface area contributed by atoms with Gasteiger partial charge in [0.05, 0.1) is 6.54 Å². The van der Waals surface area contributed by atoms with E-state index in [1.807, 2.05) is 30.3 Å². The fourth-order valence-corrected chi connectivity index (χ4v) is 3.10. The van der Waals surface area contributed by atoms with Gasteiger partial charge in [0.15, 0.2) is 0 Å². The molecule has 0 aromatic heterocycles. The van der Waals surface area contributed by atoms with Crippen molar-refractivity contribution in [2.75, 3.05) is 36.9 Å². The summed E-state index contributed by atoms with van der Waals surface area (Å²) in [5.41, 5.74) is 1.72. The van der Waals surface area contributed by atoms with Gasteiger partial charge >= 0.3 is 6.03 Å². The van der Waals surface area contributed by atoms with Crippen LogP contribution in [0.25, 0.3) is 0 Å². The minimum atomic E-state index is -0.478. The number of carbonyl (C=O) groups is 3. The highest BCUT2D eigenvalue weighted by molar-refractivity contribution is 6.06. The summed E-state index contributed by atoms with van der Waals surface area (Å²) < 4.78 is 0. The monoisotopic (exact) mass is 380 g/mol. The van der Waals surface area contributed by atoms with E-state index < -0.39 is 6.03 Å². The topological polar surface area (TPSA) is 81.8 Å². The van der Waals surface area contributed by atoms with Gasteiger partial charge in [-0.15, -0.1) is 0 Å². The standard InChI is InChI=1S/C21H24N4O3/c1-24(18-10-3-2-4-11-18)20(27)16-8-7-9-17(14-16)23-21(28)22-15-19(26)25-12-5-6-13-25/h2-4,7-11,14H,5-6,12-13,15H2,1H3,(H2,22,23,28).